The van der Waals surface area contributed by atoms with Gasteiger partial charge in [-0.25, -0.2) is 0 Å². The van der Waals surface area contributed by atoms with Gasteiger partial charge in [0.25, 0.3) is 0 Å². The number of aliphatic hydroxyl groups excluding tert-OH is 8. The summed E-state index contributed by atoms with van der Waals surface area (Å²) in [6.45, 7) is 15.2. The van der Waals surface area contributed by atoms with Crippen molar-refractivity contribution in [2.45, 2.75) is 199 Å². The summed E-state index contributed by atoms with van der Waals surface area (Å²) in [4.78, 5) is 23.0. The molecule has 2 aliphatic heterocycles. The van der Waals surface area contributed by atoms with E-state index >= 15 is 0 Å². The van der Waals surface area contributed by atoms with Crippen LogP contribution in [-0.2, 0) is 33.3 Å². The van der Waals surface area contributed by atoms with Gasteiger partial charge in [-0.05, 0) is 117 Å². The third-order valence-electron chi connectivity index (χ3n) is 17.0. The van der Waals surface area contributed by atoms with Crippen molar-refractivity contribution in [2.75, 3.05) is 13.2 Å². The van der Waals surface area contributed by atoms with Crippen LogP contribution in [-0.4, -0.2) is 162 Å². The number of carboxylic acid groups (broad SMARTS) is 1. The van der Waals surface area contributed by atoms with Gasteiger partial charge in [-0.15, -0.1) is 0 Å². The van der Waals surface area contributed by atoms with E-state index in [1.54, 1.807) is 0 Å². The van der Waals surface area contributed by atoms with E-state index in [-0.39, 0.29) is 23.7 Å². The van der Waals surface area contributed by atoms with Crippen molar-refractivity contribution in [1.29, 1.82) is 0 Å². The van der Waals surface area contributed by atoms with Crippen LogP contribution in [0, 0.1) is 45.3 Å². The van der Waals surface area contributed by atoms with Crippen LogP contribution in [0.1, 0.15) is 113 Å². The van der Waals surface area contributed by atoms with Crippen molar-refractivity contribution >= 4 is 11.9 Å². The van der Waals surface area contributed by atoms with Gasteiger partial charge < -0.3 is 74.7 Å². The summed E-state index contributed by atoms with van der Waals surface area (Å²) in [5.74, 6) is -3.42. The van der Waals surface area contributed by atoms with Crippen LogP contribution < -0.4 is 0 Å². The second-order valence-electron chi connectivity index (χ2n) is 21.4. The second-order valence-corrected chi connectivity index (χ2v) is 21.4. The molecule has 62 heavy (non-hydrogen) atoms. The lowest BCUT2D eigenvalue weighted by atomic mass is 9.34. The molecule has 2 heterocycles. The maximum absolute atomic E-state index is 12.3. The van der Waals surface area contributed by atoms with E-state index in [1.807, 2.05) is 34.6 Å². The SMILES string of the molecule is CC(C)=CCC[C@](C)(O)[C@H]1CC[C@]2(C)[C@@H]1[C@H](O)C[C@@H]1[C@@]3(C)CC[C@H](O)C(C)(C)[C@@H]3[C@@H](O[C@@H]3O[C@H](CO)[C@@H](O)[C@H](O)[C@H]3O[C@@H]3O[C@H](COC(=O)CC(=O)O)[C@@H](O)[C@H](O)[C@H]3O)C[C@]12C. The zero-order valence-electron chi connectivity index (χ0n) is 37.5. The molecule has 0 aromatic rings. The molecule has 0 spiro atoms. The fourth-order valence-corrected chi connectivity index (χ4v) is 13.7. The van der Waals surface area contributed by atoms with Gasteiger partial charge in [-0.1, -0.05) is 46.3 Å². The number of carbonyl (C=O) groups excluding carboxylic acids is 1. The topological polar surface area (TPSA) is 283 Å². The third kappa shape index (κ3) is 8.66. The molecule has 17 nitrogen and oxygen atoms in total. The lowest BCUT2D eigenvalue weighted by Gasteiger charge is -2.72. The average Bonchev–Trinajstić information content (AvgIpc) is 3.57. The van der Waals surface area contributed by atoms with Crippen LogP contribution in [0.2, 0.25) is 0 Å². The number of esters is 1. The van der Waals surface area contributed by atoms with E-state index in [4.69, 9.17) is 28.8 Å². The first-order chi connectivity index (χ1) is 28.7. The Labute approximate surface area is 364 Å². The minimum Gasteiger partial charge on any atom is -0.481 e. The van der Waals surface area contributed by atoms with Crippen molar-refractivity contribution in [2.24, 2.45) is 45.3 Å². The number of aliphatic carboxylic acids is 1. The Morgan fingerprint density at radius 2 is 1.47 bits per heavy atom. The molecule has 10 N–H and O–H groups in total. The number of rotatable bonds is 13. The van der Waals surface area contributed by atoms with Gasteiger partial charge in [0.1, 0.15) is 61.9 Å². The summed E-state index contributed by atoms with van der Waals surface area (Å²) < 4.78 is 30.1. The molecule has 6 aliphatic rings. The van der Waals surface area contributed by atoms with Gasteiger partial charge in [0, 0.05) is 0 Å². The van der Waals surface area contributed by atoms with Crippen LogP contribution in [0.5, 0.6) is 0 Å². The number of fused-ring (bicyclic) bond motifs is 5. The number of aliphatic hydroxyl groups is 9. The highest BCUT2D eigenvalue weighted by molar-refractivity contribution is 5.90. The maximum Gasteiger partial charge on any atom is 0.317 e. The van der Waals surface area contributed by atoms with E-state index in [1.165, 1.54) is 5.57 Å². The molecule has 17 heteroatoms. The molecule has 0 unspecified atom stereocenters. The van der Waals surface area contributed by atoms with Crippen LogP contribution >= 0.6 is 0 Å². The maximum atomic E-state index is 12.3. The number of carboxylic acids is 1. The van der Waals surface area contributed by atoms with Crippen LogP contribution in [0.4, 0.5) is 0 Å². The normalized spacial score (nSPS) is 48.5. The Morgan fingerprint density at radius 1 is 0.823 bits per heavy atom. The van der Waals surface area contributed by atoms with E-state index in [0.29, 0.717) is 44.9 Å². The fourth-order valence-electron chi connectivity index (χ4n) is 13.7. The van der Waals surface area contributed by atoms with Crippen LogP contribution in [0.15, 0.2) is 11.6 Å². The zero-order chi connectivity index (χ0) is 46.1. The molecule has 0 amide bonds. The van der Waals surface area contributed by atoms with Crippen molar-refractivity contribution in [3.05, 3.63) is 11.6 Å². The number of carbonyl (C=O) groups is 2. The lowest BCUT2D eigenvalue weighted by molar-refractivity contribution is -0.383. The van der Waals surface area contributed by atoms with Gasteiger partial charge in [0.05, 0.1) is 30.5 Å². The molecular weight excluding hydrogens is 812 g/mol. The molecule has 356 valence electrons. The number of ether oxygens (including phenoxy) is 5. The summed E-state index contributed by atoms with van der Waals surface area (Å²) in [6.07, 6.45) is -13.4. The number of hydrogen-bond donors (Lipinski definition) is 10. The molecule has 0 bridgehead atoms. The minimum absolute atomic E-state index is 0.0330. The van der Waals surface area contributed by atoms with Crippen LogP contribution in [0.3, 0.4) is 0 Å². The summed E-state index contributed by atoms with van der Waals surface area (Å²) in [5, 5.41) is 111. The summed E-state index contributed by atoms with van der Waals surface area (Å²) in [6, 6.07) is 0. The van der Waals surface area contributed by atoms with Crippen molar-refractivity contribution < 1.29 is 84.3 Å². The molecule has 2 saturated heterocycles. The molecule has 4 saturated carbocycles. The summed E-state index contributed by atoms with van der Waals surface area (Å²) in [7, 11) is 0. The lowest BCUT2D eigenvalue weighted by Crippen LogP contribution is -2.71. The predicted molar refractivity (Wildman–Crippen MR) is 218 cm³/mol. The van der Waals surface area contributed by atoms with E-state index in [0.717, 1.165) is 6.42 Å². The van der Waals surface area contributed by atoms with E-state index in [2.05, 4.69) is 26.8 Å². The standard InChI is InChI=1S/C45H74O17/c1-21(2)10-9-13-45(8,57)22-11-15-43(6)31(22)23(47)16-27-42(5)14-12-28(48)41(3,4)38(42)24(18-44(27,43)7)59-40-37(35(55)32(52)25(19-46)60-40)62-39-36(56)34(54)33(53)26(61-39)20-58-30(51)17-29(49)50/h10,22-28,31-40,46-48,52-57H,9,11-20H2,1-8H3,(H,49,50)/t22-,23+,24-,25+,26+,27+,28-,31-,32+,33+,34-,35-,36+,37+,38-,39-,40+,42+,43+,44+,45-/m0/s1. The monoisotopic (exact) mass is 886 g/mol. The first kappa shape index (κ1) is 49.6. The molecule has 0 radical (unpaired) electrons. The van der Waals surface area contributed by atoms with Gasteiger partial charge >= 0.3 is 11.9 Å². The summed E-state index contributed by atoms with van der Waals surface area (Å²) in [5.41, 5.74) is -2.14. The Hall–Kier alpha value is -1.84. The largest absolute Gasteiger partial charge is 0.481 e. The molecule has 21 atom stereocenters. The molecule has 0 aromatic carbocycles. The smallest absolute Gasteiger partial charge is 0.317 e. The zero-order valence-corrected chi connectivity index (χ0v) is 37.5. The predicted octanol–water partition coefficient (Wildman–Crippen LogP) is 1.15. The Balaban J connectivity index is 1.35. The quantitative estimate of drug-likeness (QED) is 0.0537. The van der Waals surface area contributed by atoms with Gasteiger partial charge in [-0.3, -0.25) is 9.59 Å². The Bertz CT molecular complexity index is 1630. The third-order valence-corrected chi connectivity index (χ3v) is 17.0. The van der Waals surface area contributed by atoms with Crippen molar-refractivity contribution in [3.8, 4) is 0 Å². The van der Waals surface area contributed by atoms with E-state index < -0.39 is 139 Å². The number of hydrogen-bond acceptors (Lipinski definition) is 16. The highest BCUT2D eigenvalue weighted by Crippen LogP contribution is 2.76. The Morgan fingerprint density at radius 3 is 2.10 bits per heavy atom. The summed E-state index contributed by atoms with van der Waals surface area (Å²) >= 11 is 0. The average molecular weight is 887 g/mol. The first-order valence-corrected chi connectivity index (χ1v) is 22.5. The molecular formula is C45H74O17. The molecule has 6 rings (SSSR count). The van der Waals surface area contributed by atoms with Gasteiger partial charge in [-0.2, -0.15) is 0 Å². The molecule has 0 aromatic heterocycles. The van der Waals surface area contributed by atoms with Gasteiger partial charge in [0.15, 0.2) is 12.6 Å². The van der Waals surface area contributed by atoms with E-state index in [9.17, 15) is 55.5 Å². The van der Waals surface area contributed by atoms with Crippen molar-refractivity contribution in [3.63, 3.8) is 0 Å². The van der Waals surface area contributed by atoms with Gasteiger partial charge in [0.2, 0.25) is 0 Å². The Kier molecular flexibility index (Phi) is 14.5. The number of allylic oxidation sites excluding steroid dienone is 2. The highest BCUT2D eigenvalue weighted by atomic mass is 16.8. The van der Waals surface area contributed by atoms with Crippen LogP contribution in [0.25, 0.3) is 0 Å². The first-order valence-electron chi connectivity index (χ1n) is 22.5. The minimum atomic E-state index is -1.94. The van der Waals surface area contributed by atoms with Crippen molar-refractivity contribution in [1.82, 2.24) is 0 Å². The second kappa shape index (κ2) is 18.1. The molecule has 6 fully saturated rings. The fraction of sp³-hybridized carbons (Fsp3) is 0.911. The molecule has 4 aliphatic carbocycles. The highest BCUT2D eigenvalue weighted by Gasteiger charge is 2.73.